The van der Waals surface area contributed by atoms with Crippen molar-refractivity contribution in [2.45, 2.75) is 31.2 Å². The van der Waals surface area contributed by atoms with Gasteiger partial charge in [-0.3, -0.25) is 4.90 Å². The maximum atomic E-state index is 13.2. The summed E-state index contributed by atoms with van der Waals surface area (Å²) in [5.74, 6) is 0.665. The van der Waals surface area contributed by atoms with Crippen molar-refractivity contribution < 1.29 is 13.2 Å². The van der Waals surface area contributed by atoms with Crippen LogP contribution in [-0.4, -0.2) is 50.9 Å². The number of benzene rings is 2. The van der Waals surface area contributed by atoms with Gasteiger partial charge in [0.25, 0.3) is 0 Å². The number of hydrogen-bond donors (Lipinski definition) is 0. The zero-order chi connectivity index (χ0) is 19.4. The molecule has 0 unspecified atom stereocenters. The largest absolute Gasteiger partial charge is 0.495 e. The van der Waals surface area contributed by atoms with Gasteiger partial charge in [0.15, 0.2) is 0 Å². The predicted molar refractivity (Wildman–Crippen MR) is 108 cm³/mol. The average molecular weight is 389 g/mol. The molecule has 0 aromatic heterocycles. The lowest BCUT2D eigenvalue weighted by atomic mass is 10.0. The van der Waals surface area contributed by atoms with E-state index in [0.29, 0.717) is 18.8 Å². The highest BCUT2D eigenvalue weighted by Crippen LogP contribution is 2.30. The fraction of sp³-hybridized carbons (Fsp3) is 0.429. The van der Waals surface area contributed by atoms with Crippen LogP contribution in [0.5, 0.6) is 5.75 Å². The molecule has 1 aliphatic rings. The minimum Gasteiger partial charge on any atom is -0.495 e. The third-order valence-electron chi connectivity index (χ3n) is 5.05. The van der Waals surface area contributed by atoms with Gasteiger partial charge in [-0.05, 0) is 29.2 Å². The zero-order valence-electron chi connectivity index (χ0n) is 16.3. The van der Waals surface area contributed by atoms with Crippen LogP contribution in [0.2, 0.25) is 0 Å². The summed E-state index contributed by atoms with van der Waals surface area (Å²) < 4.78 is 33.4. The van der Waals surface area contributed by atoms with Crippen molar-refractivity contribution in [1.29, 1.82) is 0 Å². The topological polar surface area (TPSA) is 49.9 Å². The number of methoxy groups -OCH3 is 1. The van der Waals surface area contributed by atoms with E-state index in [-0.39, 0.29) is 10.8 Å². The van der Waals surface area contributed by atoms with Crippen LogP contribution < -0.4 is 4.74 Å². The van der Waals surface area contributed by atoms with Crippen molar-refractivity contribution in [1.82, 2.24) is 9.21 Å². The Bertz CT molecular complexity index is 858. The van der Waals surface area contributed by atoms with E-state index in [1.165, 1.54) is 12.7 Å². The molecule has 1 fully saturated rings. The van der Waals surface area contributed by atoms with Crippen molar-refractivity contribution >= 4 is 10.0 Å². The molecule has 0 spiro atoms. The van der Waals surface area contributed by atoms with Gasteiger partial charge in [0, 0.05) is 32.7 Å². The number of nitrogens with zero attached hydrogens (tertiary/aromatic N) is 2. The molecule has 0 bridgehead atoms. The molecule has 2 aromatic rings. The van der Waals surface area contributed by atoms with Gasteiger partial charge in [-0.1, -0.05) is 50.2 Å². The SMILES string of the molecule is COc1ccc(C(C)C)cc1S(=O)(=O)N1CCN(Cc2ccccc2)CC1. The molecule has 1 heterocycles. The van der Waals surface area contributed by atoms with Crippen molar-refractivity contribution in [3.63, 3.8) is 0 Å². The molecule has 0 amide bonds. The van der Waals surface area contributed by atoms with E-state index in [1.54, 1.807) is 16.4 Å². The van der Waals surface area contributed by atoms with Crippen LogP contribution in [0.25, 0.3) is 0 Å². The summed E-state index contributed by atoms with van der Waals surface area (Å²) >= 11 is 0. The lowest BCUT2D eigenvalue weighted by Gasteiger charge is -2.34. The second-order valence-corrected chi connectivity index (χ2v) is 9.14. The molecule has 0 N–H and O–H groups in total. The molecule has 1 aliphatic heterocycles. The molecular weight excluding hydrogens is 360 g/mol. The van der Waals surface area contributed by atoms with Gasteiger partial charge < -0.3 is 4.74 Å². The summed E-state index contributed by atoms with van der Waals surface area (Å²) in [4.78, 5) is 2.57. The second-order valence-electron chi connectivity index (χ2n) is 7.23. The maximum absolute atomic E-state index is 13.2. The van der Waals surface area contributed by atoms with E-state index in [1.807, 2.05) is 24.3 Å². The standard InChI is InChI=1S/C21H28N2O3S/c1-17(2)19-9-10-20(26-3)21(15-19)27(24,25)23-13-11-22(12-14-23)16-18-7-5-4-6-8-18/h4-10,15,17H,11-14,16H2,1-3H3. The van der Waals surface area contributed by atoms with Crippen molar-refractivity contribution in [3.05, 3.63) is 59.7 Å². The number of sulfonamides is 1. The van der Waals surface area contributed by atoms with E-state index in [2.05, 4.69) is 30.9 Å². The average Bonchev–Trinajstić information content (AvgIpc) is 2.68. The Morgan fingerprint density at radius 3 is 2.26 bits per heavy atom. The minimum absolute atomic E-state index is 0.257. The smallest absolute Gasteiger partial charge is 0.246 e. The highest BCUT2D eigenvalue weighted by molar-refractivity contribution is 7.89. The van der Waals surface area contributed by atoms with Crippen LogP contribution in [0.15, 0.2) is 53.4 Å². The van der Waals surface area contributed by atoms with E-state index in [4.69, 9.17) is 4.74 Å². The van der Waals surface area contributed by atoms with Crippen LogP contribution >= 0.6 is 0 Å². The first kappa shape index (κ1) is 19.9. The van der Waals surface area contributed by atoms with Gasteiger partial charge in [0.05, 0.1) is 7.11 Å². The Morgan fingerprint density at radius 1 is 1.00 bits per heavy atom. The molecule has 0 radical (unpaired) electrons. The number of rotatable bonds is 6. The molecule has 27 heavy (non-hydrogen) atoms. The van der Waals surface area contributed by atoms with Crippen LogP contribution in [0, 0.1) is 0 Å². The minimum atomic E-state index is -3.58. The van der Waals surface area contributed by atoms with E-state index >= 15 is 0 Å². The molecule has 0 atom stereocenters. The van der Waals surface area contributed by atoms with Gasteiger partial charge in [-0.25, -0.2) is 8.42 Å². The summed E-state index contributed by atoms with van der Waals surface area (Å²) in [7, 11) is -2.06. The first-order chi connectivity index (χ1) is 12.9. The summed E-state index contributed by atoms with van der Waals surface area (Å²) in [6.45, 7) is 7.39. The van der Waals surface area contributed by atoms with Crippen LogP contribution in [-0.2, 0) is 16.6 Å². The number of hydrogen-bond acceptors (Lipinski definition) is 4. The quantitative estimate of drug-likeness (QED) is 0.762. The van der Waals surface area contributed by atoms with Crippen molar-refractivity contribution in [3.8, 4) is 5.75 Å². The summed E-state index contributed by atoms with van der Waals surface area (Å²) in [5, 5.41) is 0. The fourth-order valence-corrected chi connectivity index (χ4v) is 4.98. The third-order valence-corrected chi connectivity index (χ3v) is 6.97. The van der Waals surface area contributed by atoms with Gasteiger partial charge in [-0.15, -0.1) is 0 Å². The van der Waals surface area contributed by atoms with Crippen LogP contribution in [0.1, 0.15) is 30.9 Å². The summed E-state index contributed by atoms with van der Waals surface area (Å²) in [6, 6.07) is 15.7. The Kier molecular flexibility index (Phi) is 6.19. The van der Waals surface area contributed by atoms with Crippen LogP contribution in [0.4, 0.5) is 0 Å². The predicted octanol–water partition coefficient (Wildman–Crippen LogP) is 3.33. The Morgan fingerprint density at radius 2 is 1.67 bits per heavy atom. The van der Waals surface area contributed by atoms with Gasteiger partial charge in [-0.2, -0.15) is 4.31 Å². The first-order valence-electron chi connectivity index (χ1n) is 9.36. The monoisotopic (exact) mass is 388 g/mol. The molecule has 2 aromatic carbocycles. The molecule has 146 valence electrons. The van der Waals surface area contributed by atoms with E-state index < -0.39 is 10.0 Å². The zero-order valence-corrected chi connectivity index (χ0v) is 17.1. The molecular formula is C21H28N2O3S. The summed E-state index contributed by atoms with van der Waals surface area (Å²) in [5.41, 5.74) is 2.25. The molecule has 1 saturated heterocycles. The van der Waals surface area contributed by atoms with E-state index in [0.717, 1.165) is 25.2 Å². The maximum Gasteiger partial charge on any atom is 0.246 e. The molecule has 0 saturated carbocycles. The molecule has 5 nitrogen and oxygen atoms in total. The fourth-order valence-electron chi connectivity index (χ4n) is 3.36. The molecule has 3 rings (SSSR count). The number of piperazine rings is 1. The Labute approximate surface area is 162 Å². The van der Waals surface area contributed by atoms with Gasteiger partial charge in [0.2, 0.25) is 10.0 Å². The lowest BCUT2D eigenvalue weighted by molar-refractivity contribution is 0.181. The Balaban J connectivity index is 1.74. The molecule has 0 aliphatic carbocycles. The third kappa shape index (κ3) is 4.51. The summed E-state index contributed by atoms with van der Waals surface area (Å²) in [6.07, 6.45) is 0. The van der Waals surface area contributed by atoms with Crippen molar-refractivity contribution in [2.24, 2.45) is 0 Å². The first-order valence-corrected chi connectivity index (χ1v) is 10.8. The lowest BCUT2D eigenvalue weighted by Crippen LogP contribution is -2.48. The van der Waals surface area contributed by atoms with Gasteiger partial charge in [0.1, 0.15) is 10.6 Å². The van der Waals surface area contributed by atoms with Crippen LogP contribution in [0.3, 0.4) is 0 Å². The van der Waals surface area contributed by atoms with Gasteiger partial charge >= 0.3 is 0 Å². The van der Waals surface area contributed by atoms with Crippen molar-refractivity contribution in [2.75, 3.05) is 33.3 Å². The number of ether oxygens (including phenoxy) is 1. The van der Waals surface area contributed by atoms with E-state index in [9.17, 15) is 8.42 Å². The normalized spacial score (nSPS) is 16.6. The molecule has 6 heteroatoms. The Hall–Kier alpha value is -1.89. The highest BCUT2D eigenvalue weighted by atomic mass is 32.2. The highest BCUT2D eigenvalue weighted by Gasteiger charge is 2.31. The second kappa shape index (κ2) is 8.42.